The van der Waals surface area contributed by atoms with Gasteiger partial charge in [-0.1, -0.05) is 12.1 Å². The summed E-state index contributed by atoms with van der Waals surface area (Å²) in [6.07, 6.45) is 2.27. The van der Waals surface area contributed by atoms with Crippen LogP contribution < -0.4 is 5.73 Å². The first-order valence-corrected chi connectivity index (χ1v) is 6.81. The van der Waals surface area contributed by atoms with Gasteiger partial charge in [-0.05, 0) is 44.4 Å². The highest BCUT2D eigenvalue weighted by Gasteiger charge is 2.32. The van der Waals surface area contributed by atoms with Gasteiger partial charge in [0.2, 0.25) is 5.91 Å². The average Bonchev–Trinajstić information content (AvgIpc) is 3.17. The van der Waals surface area contributed by atoms with Crippen LogP contribution in [0.3, 0.4) is 0 Å². The average molecular weight is 262 g/mol. The van der Waals surface area contributed by atoms with Crippen LogP contribution in [0.5, 0.6) is 0 Å². The Labute approximate surface area is 114 Å². The van der Waals surface area contributed by atoms with Gasteiger partial charge >= 0.3 is 0 Å². The summed E-state index contributed by atoms with van der Waals surface area (Å²) in [7, 11) is 0. The molecular formula is C15H22N2O2. The molecule has 0 radical (unpaired) electrons. The summed E-state index contributed by atoms with van der Waals surface area (Å²) in [5.41, 5.74) is 7.58. The van der Waals surface area contributed by atoms with Crippen molar-refractivity contribution in [1.82, 2.24) is 4.90 Å². The van der Waals surface area contributed by atoms with E-state index in [1.165, 1.54) is 0 Å². The monoisotopic (exact) mass is 262 g/mol. The van der Waals surface area contributed by atoms with Crippen LogP contribution in [0, 0.1) is 0 Å². The van der Waals surface area contributed by atoms with Gasteiger partial charge in [-0.25, -0.2) is 0 Å². The highest BCUT2D eigenvalue weighted by Crippen LogP contribution is 2.28. The number of nitrogens with two attached hydrogens (primary N) is 1. The molecule has 1 aliphatic rings. The molecule has 1 aromatic rings. The third-order valence-corrected chi connectivity index (χ3v) is 3.15. The first-order chi connectivity index (χ1) is 9.06. The Morgan fingerprint density at radius 2 is 2.21 bits per heavy atom. The maximum atomic E-state index is 12.2. The van der Waals surface area contributed by atoms with Crippen LogP contribution in [-0.2, 0) is 16.1 Å². The molecule has 4 nitrogen and oxygen atoms in total. The molecule has 4 heteroatoms. The molecule has 1 fully saturated rings. The summed E-state index contributed by atoms with van der Waals surface area (Å²) in [6.45, 7) is 4.66. The van der Waals surface area contributed by atoms with Crippen LogP contribution in [0.15, 0.2) is 24.3 Å². The van der Waals surface area contributed by atoms with Crippen LogP contribution in [-0.4, -0.2) is 29.6 Å². The standard InChI is InChI=1S/C15H22N2O2/c1-11(2)19-10-15(18)17(14-6-7-14)9-12-4-3-5-13(16)8-12/h3-5,8,11,14H,6-7,9-10,16H2,1-2H3. The van der Waals surface area contributed by atoms with Gasteiger partial charge in [-0.2, -0.15) is 0 Å². The van der Waals surface area contributed by atoms with E-state index in [0.717, 1.165) is 24.1 Å². The molecule has 0 atom stereocenters. The number of nitrogens with zero attached hydrogens (tertiary/aromatic N) is 1. The number of carbonyl (C=O) groups is 1. The molecule has 1 amide bonds. The Morgan fingerprint density at radius 3 is 2.79 bits per heavy atom. The maximum absolute atomic E-state index is 12.2. The number of anilines is 1. The van der Waals surface area contributed by atoms with Gasteiger partial charge < -0.3 is 15.4 Å². The summed E-state index contributed by atoms with van der Waals surface area (Å²) >= 11 is 0. The highest BCUT2D eigenvalue weighted by molar-refractivity contribution is 5.78. The number of benzene rings is 1. The van der Waals surface area contributed by atoms with Crippen LogP contribution in [0.2, 0.25) is 0 Å². The Bertz CT molecular complexity index is 442. The lowest BCUT2D eigenvalue weighted by Crippen LogP contribution is -2.36. The summed E-state index contributed by atoms with van der Waals surface area (Å²) < 4.78 is 5.41. The molecule has 0 bridgehead atoms. The molecule has 0 spiro atoms. The molecule has 0 aliphatic heterocycles. The van der Waals surface area contributed by atoms with Crippen molar-refractivity contribution in [2.24, 2.45) is 0 Å². The van der Waals surface area contributed by atoms with Crippen molar-refractivity contribution in [1.29, 1.82) is 0 Å². The van der Waals surface area contributed by atoms with Gasteiger partial charge in [0.1, 0.15) is 6.61 Å². The third-order valence-electron chi connectivity index (χ3n) is 3.15. The van der Waals surface area contributed by atoms with Gasteiger partial charge in [0.25, 0.3) is 0 Å². The highest BCUT2D eigenvalue weighted by atomic mass is 16.5. The fourth-order valence-corrected chi connectivity index (χ4v) is 2.02. The van der Waals surface area contributed by atoms with Crippen LogP contribution in [0.25, 0.3) is 0 Å². The molecular weight excluding hydrogens is 240 g/mol. The molecule has 1 aliphatic carbocycles. The number of hydrogen-bond acceptors (Lipinski definition) is 3. The summed E-state index contributed by atoms with van der Waals surface area (Å²) in [6, 6.07) is 8.08. The van der Waals surface area contributed by atoms with Crippen molar-refractivity contribution in [3.05, 3.63) is 29.8 Å². The first kappa shape index (κ1) is 13.9. The van der Waals surface area contributed by atoms with E-state index < -0.39 is 0 Å². The van der Waals surface area contributed by atoms with Crippen molar-refractivity contribution in [2.45, 2.75) is 45.4 Å². The van der Waals surface area contributed by atoms with E-state index in [0.29, 0.717) is 12.6 Å². The van der Waals surface area contributed by atoms with Gasteiger partial charge in [0.15, 0.2) is 0 Å². The van der Waals surface area contributed by atoms with E-state index in [1.54, 1.807) is 0 Å². The lowest BCUT2D eigenvalue weighted by molar-refractivity contribution is -0.138. The molecule has 0 aromatic heterocycles. The fraction of sp³-hybridized carbons (Fsp3) is 0.533. The number of amides is 1. The van der Waals surface area contributed by atoms with E-state index in [4.69, 9.17) is 10.5 Å². The minimum Gasteiger partial charge on any atom is -0.399 e. The SMILES string of the molecule is CC(C)OCC(=O)N(Cc1cccc(N)c1)C1CC1. The molecule has 2 rings (SSSR count). The van der Waals surface area contributed by atoms with Crippen LogP contribution in [0.4, 0.5) is 5.69 Å². The lowest BCUT2D eigenvalue weighted by Gasteiger charge is -2.23. The predicted octanol–water partition coefficient (Wildman–Crippen LogP) is 2.18. The smallest absolute Gasteiger partial charge is 0.249 e. The topological polar surface area (TPSA) is 55.6 Å². The lowest BCUT2D eigenvalue weighted by atomic mass is 10.2. The molecule has 1 aromatic carbocycles. The summed E-state index contributed by atoms with van der Waals surface area (Å²) in [5.74, 6) is 0.0682. The number of hydrogen-bond donors (Lipinski definition) is 1. The van der Waals surface area contributed by atoms with Crippen molar-refractivity contribution >= 4 is 11.6 Å². The van der Waals surface area contributed by atoms with E-state index >= 15 is 0 Å². The fourth-order valence-electron chi connectivity index (χ4n) is 2.02. The van der Waals surface area contributed by atoms with Crippen LogP contribution >= 0.6 is 0 Å². The van der Waals surface area contributed by atoms with Crippen molar-refractivity contribution in [3.8, 4) is 0 Å². The molecule has 2 N–H and O–H groups in total. The van der Waals surface area contributed by atoms with E-state index in [-0.39, 0.29) is 18.6 Å². The minimum atomic E-state index is 0.0682. The molecule has 0 heterocycles. The molecule has 104 valence electrons. The largest absolute Gasteiger partial charge is 0.399 e. The second-order valence-electron chi connectivity index (χ2n) is 5.36. The van der Waals surface area contributed by atoms with Gasteiger partial charge in [-0.15, -0.1) is 0 Å². The summed E-state index contributed by atoms with van der Waals surface area (Å²) in [4.78, 5) is 14.1. The Kier molecular flexibility index (Phi) is 4.43. The van der Waals surface area contributed by atoms with Crippen molar-refractivity contribution in [2.75, 3.05) is 12.3 Å². The second-order valence-corrected chi connectivity index (χ2v) is 5.36. The molecule has 19 heavy (non-hydrogen) atoms. The first-order valence-electron chi connectivity index (χ1n) is 6.81. The van der Waals surface area contributed by atoms with E-state index in [2.05, 4.69) is 0 Å². The van der Waals surface area contributed by atoms with Crippen LogP contribution in [0.1, 0.15) is 32.3 Å². The van der Waals surface area contributed by atoms with Gasteiger partial charge in [0.05, 0.1) is 6.10 Å². The quantitative estimate of drug-likeness (QED) is 0.799. The zero-order valence-corrected chi connectivity index (χ0v) is 11.6. The molecule has 0 saturated heterocycles. The molecule has 1 saturated carbocycles. The van der Waals surface area contributed by atoms with E-state index in [9.17, 15) is 4.79 Å². The minimum absolute atomic E-state index is 0.0682. The Hall–Kier alpha value is -1.55. The third kappa shape index (κ3) is 4.24. The molecule has 0 unspecified atom stereocenters. The summed E-state index contributed by atoms with van der Waals surface area (Å²) in [5, 5.41) is 0. The second kappa shape index (κ2) is 6.06. The van der Waals surface area contributed by atoms with E-state index in [1.807, 2.05) is 43.0 Å². The van der Waals surface area contributed by atoms with Gasteiger partial charge in [-0.3, -0.25) is 4.79 Å². The maximum Gasteiger partial charge on any atom is 0.249 e. The number of ether oxygens (including phenoxy) is 1. The van der Waals surface area contributed by atoms with Crippen molar-refractivity contribution in [3.63, 3.8) is 0 Å². The number of nitrogen functional groups attached to an aromatic ring is 1. The predicted molar refractivity (Wildman–Crippen MR) is 75.5 cm³/mol. The zero-order chi connectivity index (χ0) is 13.8. The Balaban J connectivity index is 1.98. The van der Waals surface area contributed by atoms with Crippen molar-refractivity contribution < 1.29 is 9.53 Å². The number of carbonyl (C=O) groups excluding carboxylic acids is 1. The van der Waals surface area contributed by atoms with Gasteiger partial charge in [0, 0.05) is 18.3 Å². The number of rotatable bonds is 6. The zero-order valence-electron chi connectivity index (χ0n) is 11.6. The normalized spacial score (nSPS) is 14.7. The Morgan fingerprint density at radius 1 is 1.47 bits per heavy atom.